The van der Waals surface area contributed by atoms with Crippen LogP contribution in [0, 0.1) is 6.92 Å². The zero-order chi connectivity index (χ0) is 13.9. The second-order valence-corrected chi connectivity index (χ2v) is 4.89. The van der Waals surface area contributed by atoms with E-state index in [-0.39, 0.29) is 0 Å². The number of aromatic nitrogens is 3. The van der Waals surface area contributed by atoms with Gasteiger partial charge in [-0.1, -0.05) is 29.8 Å². The first-order chi connectivity index (χ1) is 9.74. The van der Waals surface area contributed by atoms with E-state index in [0.29, 0.717) is 11.5 Å². The van der Waals surface area contributed by atoms with Gasteiger partial charge in [0.1, 0.15) is 5.82 Å². The minimum absolute atomic E-state index is 0.592. The Labute approximate surface area is 117 Å². The Morgan fingerprint density at radius 1 is 1.00 bits per heavy atom. The smallest absolute Gasteiger partial charge is 0.215 e. The normalized spacial score (nSPS) is 10.9. The summed E-state index contributed by atoms with van der Waals surface area (Å²) in [5.41, 5.74) is 4.27. The van der Waals surface area contributed by atoms with Crippen LogP contribution in [0.1, 0.15) is 17.0 Å². The maximum Gasteiger partial charge on any atom is 0.215 e. The predicted octanol–water partition coefficient (Wildman–Crippen LogP) is 3.06. The second-order valence-electron chi connectivity index (χ2n) is 4.89. The molecule has 0 bridgehead atoms. The van der Waals surface area contributed by atoms with Crippen molar-refractivity contribution in [1.29, 1.82) is 0 Å². The van der Waals surface area contributed by atoms with Gasteiger partial charge in [0.25, 0.3) is 0 Å². The molecule has 102 valence electrons. The summed E-state index contributed by atoms with van der Waals surface area (Å²) in [7, 11) is 1.61. The summed E-state index contributed by atoms with van der Waals surface area (Å²) in [6.45, 7) is 2.10. The number of pyridine rings is 1. The molecule has 20 heavy (non-hydrogen) atoms. The highest BCUT2D eigenvalue weighted by atomic mass is 16.5. The molecule has 4 nitrogen and oxygen atoms in total. The van der Waals surface area contributed by atoms with Gasteiger partial charge in [0.15, 0.2) is 5.65 Å². The first-order valence-electron chi connectivity index (χ1n) is 6.70. The largest absolute Gasteiger partial charge is 0.481 e. The van der Waals surface area contributed by atoms with Crippen molar-refractivity contribution >= 4 is 11.2 Å². The fourth-order valence-electron chi connectivity index (χ4n) is 2.17. The van der Waals surface area contributed by atoms with Crippen LogP contribution in [0.25, 0.3) is 11.2 Å². The van der Waals surface area contributed by atoms with Crippen LogP contribution in [0.2, 0.25) is 0 Å². The quantitative estimate of drug-likeness (QED) is 0.790. The van der Waals surface area contributed by atoms with Crippen LogP contribution in [0.3, 0.4) is 0 Å². The first kappa shape index (κ1) is 12.7. The standard InChI is InChI=1S/C16H17N3O/c1-11-3-5-12(6-4-11)7-9-14-17-13-8-10-15(20-2)19-16(13)18-14/h3-6,8,10H,7,9H2,1-2H3,(H,17,18,19). The van der Waals surface area contributed by atoms with E-state index in [0.717, 1.165) is 24.2 Å². The van der Waals surface area contributed by atoms with Crippen molar-refractivity contribution in [2.45, 2.75) is 19.8 Å². The van der Waals surface area contributed by atoms with Gasteiger partial charge in [0.05, 0.1) is 12.6 Å². The maximum atomic E-state index is 5.11. The number of methoxy groups -OCH3 is 1. The van der Waals surface area contributed by atoms with Crippen LogP contribution >= 0.6 is 0 Å². The third-order valence-electron chi connectivity index (χ3n) is 3.35. The molecule has 3 rings (SSSR count). The molecule has 0 spiro atoms. The number of nitrogens with zero attached hydrogens (tertiary/aromatic N) is 2. The van der Waals surface area contributed by atoms with Crippen LogP contribution in [0.15, 0.2) is 36.4 Å². The van der Waals surface area contributed by atoms with Crippen LogP contribution in [0.5, 0.6) is 5.88 Å². The van der Waals surface area contributed by atoms with Gasteiger partial charge >= 0.3 is 0 Å². The molecule has 0 fully saturated rings. The molecule has 0 aliphatic rings. The lowest BCUT2D eigenvalue weighted by molar-refractivity contribution is 0.399. The van der Waals surface area contributed by atoms with Gasteiger partial charge in [-0.3, -0.25) is 0 Å². The summed E-state index contributed by atoms with van der Waals surface area (Å²) in [6.07, 6.45) is 1.85. The van der Waals surface area contributed by atoms with Gasteiger partial charge in [0.2, 0.25) is 5.88 Å². The Morgan fingerprint density at radius 3 is 2.55 bits per heavy atom. The van der Waals surface area contributed by atoms with Gasteiger partial charge in [-0.15, -0.1) is 0 Å². The Bertz CT molecular complexity index is 716. The van der Waals surface area contributed by atoms with Gasteiger partial charge < -0.3 is 9.72 Å². The molecule has 3 aromatic rings. The third-order valence-corrected chi connectivity index (χ3v) is 3.35. The molecule has 0 saturated heterocycles. The maximum absolute atomic E-state index is 5.11. The number of aromatic amines is 1. The SMILES string of the molecule is COc1ccc2[nH]c(CCc3ccc(C)cc3)nc2n1. The fourth-order valence-corrected chi connectivity index (χ4v) is 2.17. The van der Waals surface area contributed by atoms with Crippen molar-refractivity contribution in [3.63, 3.8) is 0 Å². The number of fused-ring (bicyclic) bond motifs is 1. The molecule has 0 unspecified atom stereocenters. The van der Waals surface area contributed by atoms with Crippen molar-refractivity contribution in [1.82, 2.24) is 15.0 Å². The van der Waals surface area contributed by atoms with Crippen molar-refractivity contribution < 1.29 is 4.74 Å². The first-order valence-corrected chi connectivity index (χ1v) is 6.70. The molecule has 2 aromatic heterocycles. The van der Waals surface area contributed by atoms with Gasteiger partial charge in [-0.2, -0.15) is 4.98 Å². The monoisotopic (exact) mass is 267 g/mol. The zero-order valence-corrected chi connectivity index (χ0v) is 11.7. The molecule has 0 atom stereocenters. The number of H-pyrrole nitrogens is 1. The fraction of sp³-hybridized carbons (Fsp3) is 0.250. The average molecular weight is 267 g/mol. The number of imidazole rings is 1. The summed E-state index contributed by atoms with van der Waals surface area (Å²) in [4.78, 5) is 12.1. The van der Waals surface area contributed by atoms with Gasteiger partial charge in [-0.05, 0) is 25.0 Å². The van der Waals surface area contributed by atoms with E-state index in [4.69, 9.17) is 4.74 Å². The lowest BCUT2D eigenvalue weighted by Crippen LogP contribution is -1.93. The summed E-state index contributed by atoms with van der Waals surface area (Å²) in [6, 6.07) is 12.4. The van der Waals surface area contributed by atoms with E-state index in [1.165, 1.54) is 11.1 Å². The van der Waals surface area contributed by atoms with Crippen molar-refractivity contribution in [2.24, 2.45) is 0 Å². The topological polar surface area (TPSA) is 50.8 Å². The number of hydrogen-bond donors (Lipinski definition) is 1. The van der Waals surface area contributed by atoms with E-state index < -0.39 is 0 Å². The summed E-state index contributed by atoms with van der Waals surface area (Å²) >= 11 is 0. The van der Waals surface area contributed by atoms with Crippen LogP contribution in [-0.2, 0) is 12.8 Å². The van der Waals surface area contributed by atoms with E-state index in [1.54, 1.807) is 7.11 Å². The molecule has 0 radical (unpaired) electrons. The highest BCUT2D eigenvalue weighted by Gasteiger charge is 2.05. The summed E-state index contributed by atoms with van der Waals surface area (Å²) < 4.78 is 5.11. The number of rotatable bonds is 4. The molecule has 0 amide bonds. The van der Waals surface area contributed by atoms with Crippen molar-refractivity contribution in [3.05, 3.63) is 53.3 Å². The molecular formula is C16H17N3O. The highest BCUT2D eigenvalue weighted by molar-refractivity contribution is 5.71. The minimum atomic E-state index is 0.592. The van der Waals surface area contributed by atoms with E-state index in [2.05, 4.69) is 46.1 Å². The number of hydrogen-bond acceptors (Lipinski definition) is 3. The lowest BCUT2D eigenvalue weighted by Gasteiger charge is -1.99. The Balaban J connectivity index is 1.75. The Morgan fingerprint density at radius 2 is 1.80 bits per heavy atom. The number of aryl methyl sites for hydroxylation is 3. The predicted molar refractivity (Wildman–Crippen MR) is 79.0 cm³/mol. The molecule has 0 aliphatic heterocycles. The number of ether oxygens (including phenoxy) is 1. The van der Waals surface area contributed by atoms with Crippen LogP contribution in [0.4, 0.5) is 0 Å². The van der Waals surface area contributed by atoms with Crippen molar-refractivity contribution in [3.8, 4) is 5.88 Å². The van der Waals surface area contributed by atoms with Crippen LogP contribution < -0.4 is 4.74 Å². The zero-order valence-electron chi connectivity index (χ0n) is 11.7. The van der Waals surface area contributed by atoms with Gasteiger partial charge in [-0.25, -0.2) is 4.98 Å². The molecule has 0 saturated carbocycles. The van der Waals surface area contributed by atoms with E-state index >= 15 is 0 Å². The molecule has 4 heteroatoms. The summed E-state index contributed by atoms with van der Waals surface area (Å²) in [5, 5.41) is 0. The van der Waals surface area contributed by atoms with E-state index in [1.807, 2.05) is 12.1 Å². The second kappa shape index (κ2) is 5.33. The van der Waals surface area contributed by atoms with Crippen LogP contribution in [-0.4, -0.2) is 22.1 Å². The molecular weight excluding hydrogens is 250 g/mol. The van der Waals surface area contributed by atoms with Crippen molar-refractivity contribution in [2.75, 3.05) is 7.11 Å². The van der Waals surface area contributed by atoms with Gasteiger partial charge in [0, 0.05) is 12.5 Å². The molecule has 0 aliphatic carbocycles. The molecule has 1 aromatic carbocycles. The molecule has 1 N–H and O–H groups in total. The van der Waals surface area contributed by atoms with E-state index in [9.17, 15) is 0 Å². The molecule has 2 heterocycles. The minimum Gasteiger partial charge on any atom is -0.481 e. The lowest BCUT2D eigenvalue weighted by atomic mass is 10.1. The Hall–Kier alpha value is -2.36. The number of benzene rings is 1. The third kappa shape index (κ3) is 2.64. The Kier molecular flexibility index (Phi) is 3.37. The summed E-state index contributed by atoms with van der Waals surface area (Å²) in [5.74, 6) is 1.55. The highest BCUT2D eigenvalue weighted by Crippen LogP contribution is 2.15. The average Bonchev–Trinajstić information content (AvgIpc) is 2.88. The number of nitrogens with one attached hydrogen (secondary N) is 1.